The highest BCUT2D eigenvalue weighted by Gasteiger charge is 2.13. The molecular formula is C14H12Br2ClFN2. The monoisotopic (exact) mass is 420 g/mol. The van der Waals surface area contributed by atoms with Gasteiger partial charge in [0.2, 0.25) is 0 Å². The van der Waals surface area contributed by atoms with E-state index in [1.165, 1.54) is 12.1 Å². The Bertz CT molecular complexity index is 582. The van der Waals surface area contributed by atoms with Crippen molar-refractivity contribution in [2.24, 2.45) is 5.84 Å². The zero-order valence-electron chi connectivity index (χ0n) is 10.3. The lowest BCUT2D eigenvalue weighted by Gasteiger charge is -2.17. The van der Waals surface area contributed by atoms with Gasteiger partial charge in [-0.2, -0.15) is 0 Å². The molecule has 0 aliphatic rings. The summed E-state index contributed by atoms with van der Waals surface area (Å²) in [5.41, 5.74) is 4.52. The van der Waals surface area contributed by atoms with E-state index in [2.05, 4.69) is 37.3 Å². The SMILES string of the molecule is NNC(Cc1cc(F)cc(Br)c1)c1cc(Cl)cc(Br)c1. The third-order valence-corrected chi connectivity index (χ3v) is 3.98. The lowest BCUT2D eigenvalue weighted by molar-refractivity contribution is 0.548. The van der Waals surface area contributed by atoms with E-state index in [1.807, 2.05) is 18.2 Å². The standard InChI is InChI=1S/C14H12Br2ClFN2/c15-10-1-8(2-13(18)7-10)3-14(20-19)9-4-11(16)6-12(17)5-9/h1-2,4-7,14,20H,3,19H2. The highest BCUT2D eigenvalue weighted by atomic mass is 79.9. The Hall–Kier alpha value is -0.460. The van der Waals surface area contributed by atoms with Crippen LogP contribution in [0.5, 0.6) is 0 Å². The molecule has 3 N–H and O–H groups in total. The fraction of sp³-hybridized carbons (Fsp3) is 0.143. The lowest BCUT2D eigenvalue weighted by Crippen LogP contribution is -2.29. The van der Waals surface area contributed by atoms with Crippen LogP contribution in [-0.4, -0.2) is 0 Å². The number of rotatable bonds is 4. The second kappa shape index (κ2) is 7.00. The molecule has 106 valence electrons. The Labute approximate surface area is 138 Å². The molecule has 0 aromatic heterocycles. The number of halogens is 4. The summed E-state index contributed by atoms with van der Waals surface area (Å²) in [5.74, 6) is 5.33. The second-order valence-electron chi connectivity index (χ2n) is 4.40. The van der Waals surface area contributed by atoms with Gasteiger partial charge in [0, 0.05) is 14.0 Å². The normalized spacial score (nSPS) is 12.4. The molecule has 0 aliphatic heterocycles. The van der Waals surface area contributed by atoms with Gasteiger partial charge in [-0.05, 0) is 53.9 Å². The second-order valence-corrected chi connectivity index (χ2v) is 6.67. The van der Waals surface area contributed by atoms with Crippen molar-refractivity contribution in [2.45, 2.75) is 12.5 Å². The van der Waals surface area contributed by atoms with Crippen molar-refractivity contribution in [3.8, 4) is 0 Å². The summed E-state index contributed by atoms with van der Waals surface area (Å²) in [6.45, 7) is 0. The molecule has 1 atom stereocenters. The van der Waals surface area contributed by atoms with Gasteiger partial charge in [-0.1, -0.05) is 43.5 Å². The quantitative estimate of drug-likeness (QED) is 0.551. The lowest BCUT2D eigenvalue weighted by atomic mass is 9.99. The van der Waals surface area contributed by atoms with Crippen molar-refractivity contribution in [3.63, 3.8) is 0 Å². The Kier molecular flexibility index (Phi) is 5.57. The first-order chi connectivity index (χ1) is 9.47. The molecule has 0 bridgehead atoms. The van der Waals surface area contributed by atoms with Crippen molar-refractivity contribution in [1.82, 2.24) is 5.43 Å². The van der Waals surface area contributed by atoms with Crippen LogP contribution in [0, 0.1) is 5.82 Å². The van der Waals surface area contributed by atoms with Crippen LogP contribution in [0.3, 0.4) is 0 Å². The van der Waals surface area contributed by atoms with Gasteiger partial charge in [0.1, 0.15) is 5.82 Å². The van der Waals surface area contributed by atoms with Crippen molar-refractivity contribution in [1.29, 1.82) is 0 Å². The Balaban J connectivity index is 2.28. The van der Waals surface area contributed by atoms with Crippen molar-refractivity contribution >= 4 is 43.5 Å². The molecule has 2 nitrogen and oxygen atoms in total. The predicted octanol–water partition coefficient (Wildman–Crippen LogP) is 4.75. The Morgan fingerprint density at radius 2 is 1.80 bits per heavy atom. The van der Waals surface area contributed by atoms with Crippen LogP contribution in [0.2, 0.25) is 5.02 Å². The topological polar surface area (TPSA) is 38.0 Å². The molecule has 0 saturated heterocycles. The molecule has 0 heterocycles. The zero-order chi connectivity index (χ0) is 14.7. The first kappa shape index (κ1) is 15.9. The number of nitrogens with one attached hydrogen (secondary N) is 1. The van der Waals surface area contributed by atoms with E-state index in [-0.39, 0.29) is 11.9 Å². The molecule has 2 rings (SSSR count). The highest BCUT2D eigenvalue weighted by molar-refractivity contribution is 9.10. The van der Waals surface area contributed by atoms with Crippen LogP contribution in [0.25, 0.3) is 0 Å². The maximum absolute atomic E-state index is 13.4. The van der Waals surface area contributed by atoms with E-state index in [0.29, 0.717) is 15.9 Å². The largest absolute Gasteiger partial charge is 0.271 e. The molecule has 0 saturated carbocycles. The van der Waals surface area contributed by atoms with E-state index >= 15 is 0 Å². The first-order valence-corrected chi connectivity index (χ1v) is 7.81. The van der Waals surface area contributed by atoms with Crippen molar-refractivity contribution < 1.29 is 4.39 Å². The molecule has 20 heavy (non-hydrogen) atoms. The molecule has 0 amide bonds. The van der Waals surface area contributed by atoms with Gasteiger partial charge in [-0.25, -0.2) is 4.39 Å². The van der Waals surface area contributed by atoms with Crippen LogP contribution in [0.15, 0.2) is 45.3 Å². The van der Waals surface area contributed by atoms with E-state index in [0.717, 1.165) is 15.6 Å². The minimum Gasteiger partial charge on any atom is -0.271 e. The van der Waals surface area contributed by atoms with Gasteiger partial charge in [-0.15, -0.1) is 0 Å². The van der Waals surface area contributed by atoms with Crippen molar-refractivity contribution in [3.05, 3.63) is 67.3 Å². The predicted molar refractivity (Wildman–Crippen MR) is 87.0 cm³/mol. The minimum absolute atomic E-state index is 0.154. The third-order valence-electron chi connectivity index (χ3n) is 2.85. The molecule has 2 aromatic rings. The van der Waals surface area contributed by atoms with Gasteiger partial charge in [0.05, 0.1) is 6.04 Å². The Morgan fingerprint density at radius 1 is 1.10 bits per heavy atom. The molecule has 0 aliphatic carbocycles. The molecule has 0 fully saturated rings. The van der Waals surface area contributed by atoms with Gasteiger partial charge < -0.3 is 0 Å². The fourth-order valence-corrected chi connectivity index (χ4v) is 3.41. The van der Waals surface area contributed by atoms with E-state index in [1.54, 1.807) is 6.07 Å². The summed E-state index contributed by atoms with van der Waals surface area (Å²) in [7, 11) is 0. The van der Waals surface area contributed by atoms with Crippen LogP contribution in [-0.2, 0) is 6.42 Å². The summed E-state index contributed by atoms with van der Waals surface area (Å²) in [5, 5.41) is 0.620. The van der Waals surface area contributed by atoms with Crippen LogP contribution in [0.4, 0.5) is 4.39 Å². The fourth-order valence-electron chi connectivity index (χ4n) is 2.01. The maximum Gasteiger partial charge on any atom is 0.124 e. The molecule has 0 spiro atoms. The zero-order valence-corrected chi connectivity index (χ0v) is 14.3. The molecule has 0 radical (unpaired) electrons. The minimum atomic E-state index is -0.280. The average Bonchev–Trinajstić information content (AvgIpc) is 2.33. The van der Waals surface area contributed by atoms with Gasteiger partial charge in [-0.3, -0.25) is 11.3 Å². The molecular weight excluding hydrogens is 410 g/mol. The number of benzene rings is 2. The summed E-state index contributed by atoms with van der Waals surface area (Å²) >= 11 is 12.7. The van der Waals surface area contributed by atoms with Crippen LogP contribution < -0.4 is 11.3 Å². The summed E-state index contributed by atoms with van der Waals surface area (Å²) in [4.78, 5) is 0. The molecule has 1 unspecified atom stereocenters. The van der Waals surface area contributed by atoms with Gasteiger partial charge in [0.15, 0.2) is 0 Å². The summed E-state index contributed by atoms with van der Waals surface area (Å²) in [6, 6.07) is 10.2. The summed E-state index contributed by atoms with van der Waals surface area (Å²) in [6.07, 6.45) is 0.555. The molecule has 2 aromatic carbocycles. The van der Waals surface area contributed by atoms with Crippen molar-refractivity contribution in [2.75, 3.05) is 0 Å². The van der Waals surface area contributed by atoms with E-state index in [4.69, 9.17) is 17.4 Å². The van der Waals surface area contributed by atoms with Crippen LogP contribution in [0.1, 0.15) is 17.2 Å². The first-order valence-electron chi connectivity index (χ1n) is 5.85. The Morgan fingerprint density at radius 3 is 2.40 bits per heavy atom. The van der Waals surface area contributed by atoms with Crippen LogP contribution >= 0.6 is 43.5 Å². The van der Waals surface area contributed by atoms with E-state index in [9.17, 15) is 4.39 Å². The summed E-state index contributed by atoms with van der Waals surface area (Å²) < 4.78 is 15.0. The van der Waals surface area contributed by atoms with Gasteiger partial charge >= 0.3 is 0 Å². The van der Waals surface area contributed by atoms with E-state index < -0.39 is 0 Å². The number of nitrogens with two attached hydrogens (primary N) is 1. The number of hydrogen-bond acceptors (Lipinski definition) is 2. The number of hydrogen-bond donors (Lipinski definition) is 2. The average molecular weight is 423 g/mol. The smallest absolute Gasteiger partial charge is 0.124 e. The number of hydrazine groups is 1. The maximum atomic E-state index is 13.4. The van der Waals surface area contributed by atoms with Gasteiger partial charge in [0.25, 0.3) is 0 Å². The molecule has 6 heteroatoms. The highest BCUT2D eigenvalue weighted by Crippen LogP contribution is 2.26. The third kappa shape index (κ3) is 4.27.